The molecule has 0 fully saturated rings. The zero-order valence-electron chi connectivity index (χ0n) is 5.17. The van der Waals surface area contributed by atoms with Gasteiger partial charge < -0.3 is 33.0 Å². The fourth-order valence-corrected chi connectivity index (χ4v) is 1.10. The summed E-state index contributed by atoms with van der Waals surface area (Å²) in [6, 6.07) is 0. The summed E-state index contributed by atoms with van der Waals surface area (Å²) in [5, 5.41) is 0. The van der Waals surface area contributed by atoms with Crippen LogP contribution in [0.25, 0.3) is 0 Å². The normalized spacial score (nSPS) is 11.3. The Morgan fingerprint density at radius 2 is 1.09 bits per heavy atom. The van der Waals surface area contributed by atoms with Gasteiger partial charge in [0.15, 0.2) is 0 Å². The molecule has 0 aromatic heterocycles. The summed E-state index contributed by atoms with van der Waals surface area (Å²) in [6.45, 7) is 0. The van der Waals surface area contributed by atoms with Crippen LogP contribution in [0.5, 0.6) is 0 Å². The van der Waals surface area contributed by atoms with E-state index in [0.717, 1.165) is 0 Å². The van der Waals surface area contributed by atoms with E-state index in [9.17, 15) is 28.7 Å². The molecule has 0 heterocycles. The average molecular weight is 264 g/mol. The molecule has 11 heteroatoms. The van der Waals surface area contributed by atoms with Crippen molar-refractivity contribution in [3.8, 4) is 0 Å². The first-order valence-corrected chi connectivity index (χ1v) is 4.38. The Labute approximate surface area is 90.9 Å². The minimum absolute atomic E-state index is 0. The Balaban J connectivity index is -0.000000320. The maximum absolute atomic E-state index is 9.32. The van der Waals surface area contributed by atoms with Gasteiger partial charge in [-0.1, -0.05) is 0 Å². The molecule has 0 bridgehead atoms. The van der Waals surface area contributed by atoms with Gasteiger partial charge in [0.1, 0.15) is 0 Å². The molecule has 0 spiro atoms. The Morgan fingerprint density at radius 1 is 0.909 bits per heavy atom. The SMILES string of the molecule is O=P([O-])([O-])OP(=O)([O-])[O-].[Mg+2].[Zn+2]. The van der Waals surface area contributed by atoms with Crippen LogP contribution in [-0.2, 0) is 32.9 Å². The van der Waals surface area contributed by atoms with Crippen LogP contribution >= 0.6 is 15.6 Å². The van der Waals surface area contributed by atoms with E-state index in [2.05, 4.69) is 4.31 Å². The summed E-state index contributed by atoms with van der Waals surface area (Å²) in [5.74, 6) is 0. The summed E-state index contributed by atoms with van der Waals surface area (Å²) >= 11 is 0. The van der Waals surface area contributed by atoms with Gasteiger partial charge in [-0.2, -0.15) is 0 Å². The van der Waals surface area contributed by atoms with Crippen LogP contribution in [0.2, 0.25) is 0 Å². The topological polar surface area (TPSA) is 136 Å². The van der Waals surface area contributed by atoms with E-state index in [1.807, 2.05) is 0 Å². The molecule has 0 aliphatic carbocycles. The number of phosphoric acid groups is 2. The van der Waals surface area contributed by atoms with Crippen LogP contribution in [-0.4, -0.2) is 23.1 Å². The molecule has 0 aliphatic heterocycles. The maximum atomic E-state index is 9.32. The fraction of sp³-hybridized carbons (Fsp3) is 0. The second-order valence-corrected chi connectivity index (χ2v) is 3.42. The van der Waals surface area contributed by atoms with Gasteiger partial charge in [0.25, 0.3) is 0 Å². The molecule has 7 nitrogen and oxygen atoms in total. The Kier molecular flexibility index (Phi) is 10.3. The summed E-state index contributed by atoms with van der Waals surface area (Å²) in [5.41, 5.74) is 0. The zero-order chi connectivity index (χ0) is 7.71. The molecule has 56 valence electrons. The van der Waals surface area contributed by atoms with E-state index in [0.29, 0.717) is 0 Å². The molecule has 0 saturated heterocycles. The minimum atomic E-state index is -5.68. The van der Waals surface area contributed by atoms with Crippen LogP contribution < -0.4 is 19.6 Å². The standard InChI is InChI=1S/Mg.H4O7P2.Zn/c;1-8(2,3)7-9(4,5)6;/h;(H2,1,2,3)(H2,4,5,6);/q+2;;+2/p-4. The van der Waals surface area contributed by atoms with E-state index < -0.39 is 15.6 Å². The second kappa shape index (κ2) is 6.16. The van der Waals surface area contributed by atoms with E-state index >= 15 is 0 Å². The second-order valence-electron chi connectivity index (χ2n) is 0.976. The number of rotatable bonds is 2. The molecule has 0 atom stereocenters. The molecule has 0 N–H and O–H groups in total. The van der Waals surface area contributed by atoms with E-state index in [4.69, 9.17) is 0 Å². The molecule has 0 rings (SSSR count). The molecule has 0 aliphatic rings. The molecule has 0 saturated carbocycles. The Morgan fingerprint density at radius 3 is 1.09 bits per heavy atom. The van der Waals surface area contributed by atoms with E-state index in [1.54, 1.807) is 0 Å². The quantitative estimate of drug-likeness (QED) is 0.369. The monoisotopic (exact) mass is 262 g/mol. The van der Waals surface area contributed by atoms with Crippen molar-refractivity contribution >= 4 is 38.7 Å². The van der Waals surface area contributed by atoms with Crippen molar-refractivity contribution in [2.75, 3.05) is 0 Å². The first-order chi connectivity index (χ1) is 3.71. The van der Waals surface area contributed by atoms with Crippen LogP contribution in [0.3, 0.4) is 0 Å². The molecule has 0 aromatic carbocycles. The average Bonchev–Trinajstić information content (AvgIpc) is 1.14. The van der Waals surface area contributed by atoms with Gasteiger partial charge in [-0.15, -0.1) is 0 Å². The van der Waals surface area contributed by atoms with Crippen LogP contribution in [0.4, 0.5) is 0 Å². The third-order valence-corrected chi connectivity index (χ3v) is 1.80. The molecular weight excluding hydrogens is 264 g/mol. The fourth-order valence-electron chi connectivity index (χ4n) is 0.122. The zero-order valence-corrected chi connectivity index (χ0v) is 11.3. The maximum Gasteiger partial charge on any atom is 2.00 e. The van der Waals surface area contributed by atoms with Gasteiger partial charge in [0, 0.05) is 0 Å². The van der Waals surface area contributed by atoms with Crippen molar-refractivity contribution in [3.05, 3.63) is 0 Å². The van der Waals surface area contributed by atoms with Crippen molar-refractivity contribution < 1.29 is 52.5 Å². The van der Waals surface area contributed by atoms with Gasteiger partial charge in [-0.3, -0.25) is 0 Å². The molecule has 0 radical (unpaired) electrons. The molecule has 11 heavy (non-hydrogen) atoms. The van der Waals surface area contributed by atoms with Gasteiger partial charge >= 0.3 is 42.5 Å². The summed E-state index contributed by atoms with van der Waals surface area (Å²) in [6.07, 6.45) is 0. The van der Waals surface area contributed by atoms with Crippen molar-refractivity contribution in [1.82, 2.24) is 0 Å². The summed E-state index contributed by atoms with van der Waals surface area (Å²) in [7, 11) is -11.4. The van der Waals surface area contributed by atoms with Gasteiger partial charge in [-0.25, -0.2) is 0 Å². The van der Waals surface area contributed by atoms with Gasteiger partial charge in [-0.05, 0) is 0 Å². The Hall–Kier alpha value is 1.65. The molecule has 0 amide bonds. The smallest absolute Gasteiger partial charge is 0.790 e. The minimum Gasteiger partial charge on any atom is -0.790 e. The van der Waals surface area contributed by atoms with Crippen molar-refractivity contribution in [1.29, 1.82) is 0 Å². The van der Waals surface area contributed by atoms with Crippen LogP contribution in [0.1, 0.15) is 0 Å². The van der Waals surface area contributed by atoms with Gasteiger partial charge in [0.05, 0.1) is 15.6 Å². The molecule has 0 unspecified atom stereocenters. The van der Waals surface area contributed by atoms with Crippen molar-refractivity contribution in [2.24, 2.45) is 0 Å². The van der Waals surface area contributed by atoms with E-state index in [1.165, 1.54) is 0 Å². The predicted octanol–water partition coefficient (Wildman–Crippen LogP) is -3.72. The third-order valence-electron chi connectivity index (χ3n) is 0.200. The van der Waals surface area contributed by atoms with Gasteiger partial charge in [0.2, 0.25) is 0 Å². The van der Waals surface area contributed by atoms with Crippen LogP contribution in [0.15, 0.2) is 0 Å². The molecular formula is MgO7P2Zn. The first-order valence-electron chi connectivity index (χ1n) is 1.46. The first kappa shape index (κ1) is 18.4. The summed E-state index contributed by atoms with van der Waals surface area (Å²) < 4.78 is 21.2. The van der Waals surface area contributed by atoms with Crippen LogP contribution in [0, 0.1) is 0 Å². The predicted molar refractivity (Wildman–Crippen MR) is 22.1 cm³/mol. The number of hydrogen-bond acceptors (Lipinski definition) is 7. The molecule has 0 aromatic rings. The Bertz CT molecular complexity index is 157. The number of hydrogen-bond donors (Lipinski definition) is 0. The largest absolute Gasteiger partial charge is 2.00 e. The third kappa shape index (κ3) is 18.5. The van der Waals surface area contributed by atoms with E-state index in [-0.39, 0.29) is 42.5 Å². The summed E-state index contributed by atoms with van der Waals surface area (Å²) in [4.78, 5) is 37.3. The van der Waals surface area contributed by atoms with Crippen molar-refractivity contribution in [3.63, 3.8) is 0 Å². The van der Waals surface area contributed by atoms with Crippen molar-refractivity contribution in [2.45, 2.75) is 0 Å².